The van der Waals surface area contributed by atoms with E-state index >= 15 is 0 Å². The first-order valence-electron chi connectivity index (χ1n) is 6.86. The summed E-state index contributed by atoms with van der Waals surface area (Å²) in [5, 5.41) is 2.70. The summed E-state index contributed by atoms with van der Waals surface area (Å²) in [6, 6.07) is 3.98. The Kier molecular flexibility index (Phi) is 4.67. The van der Waals surface area contributed by atoms with Gasteiger partial charge < -0.3 is 5.32 Å². The van der Waals surface area contributed by atoms with Gasteiger partial charge in [0, 0.05) is 31.5 Å². The van der Waals surface area contributed by atoms with Crippen LogP contribution in [0.4, 0.5) is 4.39 Å². The topological polar surface area (TPSA) is 66.5 Å². The van der Waals surface area contributed by atoms with Crippen LogP contribution in [0.3, 0.4) is 0 Å². The van der Waals surface area contributed by atoms with Gasteiger partial charge in [0.05, 0.1) is 0 Å². The SMILES string of the molecule is Cc1cc(F)ccc1C(=O)NCCCN1C(=O)CCC1=O. The van der Waals surface area contributed by atoms with E-state index in [1.54, 1.807) is 6.92 Å². The molecule has 1 aromatic rings. The summed E-state index contributed by atoms with van der Waals surface area (Å²) >= 11 is 0. The number of likely N-dealkylation sites (tertiary alicyclic amines) is 1. The largest absolute Gasteiger partial charge is 0.352 e. The summed E-state index contributed by atoms with van der Waals surface area (Å²) in [6.07, 6.45) is 1.06. The van der Waals surface area contributed by atoms with Crippen molar-refractivity contribution in [1.82, 2.24) is 10.2 Å². The molecule has 21 heavy (non-hydrogen) atoms. The van der Waals surface area contributed by atoms with Gasteiger partial charge >= 0.3 is 0 Å². The number of nitrogens with zero attached hydrogens (tertiary/aromatic N) is 1. The van der Waals surface area contributed by atoms with E-state index in [1.165, 1.54) is 23.1 Å². The number of amides is 3. The van der Waals surface area contributed by atoms with Crippen molar-refractivity contribution in [3.63, 3.8) is 0 Å². The van der Waals surface area contributed by atoms with E-state index in [1.807, 2.05) is 0 Å². The van der Waals surface area contributed by atoms with Crippen LogP contribution in [0.5, 0.6) is 0 Å². The van der Waals surface area contributed by atoms with Crippen LogP contribution < -0.4 is 5.32 Å². The summed E-state index contributed by atoms with van der Waals surface area (Å²) in [5.41, 5.74) is 0.988. The number of rotatable bonds is 5. The number of benzene rings is 1. The second kappa shape index (κ2) is 6.47. The van der Waals surface area contributed by atoms with Crippen molar-refractivity contribution in [3.8, 4) is 0 Å². The minimum absolute atomic E-state index is 0.152. The fourth-order valence-electron chi connectivity index (χ4n) is 2.29. The standard InChI is InChI=1S/C15H17FN2O3/c1-10-9-11(16)3-4-12(10)15(21)17-7-2-8-18-13(19)5-6-14(18)20/h3-4,9H,2,5-8H2,1H3,(H,17,21). The summed E-state index contributed by atoms with van der Waals surface area (Å²) in [6.45, 7) is 2.34. The zero-order valence-electron chi connectivity index (χ0n) is 11.8. The van der Waals surface area contributed by atoms with Crippen LogP contribution in [0.2, 0.25) is 0 Å². The highest BCUT2D eigenvalue weighted by atomic mass is 19.1. The zero-order valence-corrected chi connectivity index (χ0v) is 11.8. The number of imide groups is 1. The lowest BCUT2D eigenvalue weighted by Crippen LogP contribution is -2.33. The highest BCUT2D eigenvalue weighted by Gasteiger charge is 2.27. The first-order chi connectivity index (χ1) is 9.99. The van der Waals surface area contributed by atoms with Gasteiger partial charge in [0.2, 0.25) is 11.8 Å². The van der Waals surface area contributed by atoms with E-state index in [2.05, 4.69) is 5.32 Å². The molecule has 1 fully saturated rings. The lowest BCUT2D eigenvalue weighted by atomic mass is 10.1. The Bertz CT molecular complexity index is 570. The lowest BCUT2D eigenvalue weighted by Gasteiger charge is -2.14. The average molecular weight is 292 g/mol. The van der Waals surface area contributed by atoms with E-state index < -0.39 is 0 Å². The van der Waals surface area contributed by atoms with Gasteiger partial charge in [-0.15, -0.1) is 0 Å². The molecular weight excluding hydrogens is 275 g/mol. The number of carbonyl (C=O) groups is 3. The van der Waals surface area contributed by atoms with Crippen LogP contribution in [0.25, 0.3) is 0 Å². The fourth-order valence-corrected chi connectivity index (χ4v) is 2.29. The monoisotopic (exact) mass is 292 g/mol. The molecule has 1 N–H and O–H groups in total. The molecule has 3 amide bonds. The number of nitrogens with one attached hydrogen (secondary N) is 1. The Morgan fingerprint density at radius 2 is 1.95 bits per heavy atom. The molecule has 0 bridgehead atoms. The fraction of sp³-hybridized carbons (Fsp3) is 0.400. The van der Waals surface area contributed by atoms with Gasteiger partial charge in [-0.2, -0.15) is 0 Å². The number of aryl methyl sites for hydroxylation is 1. The molecule has 6 heteroatoms. The second-order valence-electron chi connectivity index (χ2n) is 5.01. The molecule has 0 saturated carbocycles. The van der Waals surface area contributed by atoms with E-state index in [4.69, 9.17) is 0 Å². The summed E-state index contributed by atoms with van der Waals surface area (Å²) < 4.78 is 13.0. The van der Waals surface area contributed by atoms with Crippen LogP contribution in [0.15, 0.2) is 18.2 Å². The molecule has 0 unspecified atom stereocenters. The van der Waals surface area contributed by atoms with Crippen molar-refractivity contribution >= 4 is 17.7 Å². The molecule has 0 aliphatic carbocycles. The van der Waals surface area contributed by atoms with Crippen LogP contribution >= 0.6 is 0 Å². The molecule has 5 nitrogen and oxygen atoms in total. The third-order valence-corrected chi connectivity index (χ3v) is 3.43. The van der Waals surface area contributed by atoms with Crippen molar-refractivity contribution in [2.24, 2.45) is 0 Å². The van der Waals surface area contributed by atoms with E-state index in [0.717, 1.165) is 0 Å². The maximum atomic E-state index is 13.0. The van der Waals surface area contributed by atoms with Gasteiger partial charge in [-0.25, -0.2) is 4.39 Å². The van der Waals surface area contributed by atoms with Crippen LogP contribution in [0.1, 0.15) is 35.2 Å². The highest BCUT2D eigenvalue weighted by Crippen LogP contribution is 2.12. The maximum Gasteiger partial charge on any atom is 0.251 e. The van der Waals surface area contributed by atoms with E-state index in [0.29, 0.717) is 30.6 Å². The quantitative estimate of drug-likeness (QED) is 0.659. The number of carbonyl (C=O) groups excluding carboxylic acids is 3. The Morgan fingerprint density at radius 3 is 2.57 bits per heavy atom. The first-order valence-corrected chi connectivity index (χ1v) is 6.86. The molecular formula is C15H17FN2O3. The van der Waals surface area contributed by atoms with Gasteiger partial charge in [0.25, 0.3) is 5.91 Å². The molecule has 1 saturated heterocycles. The number of halogens is 1. The molecule has 0 aromatic heterocycles. The second-order valence-corrected chi connectivity index (χ2v) is 5.01. The van der Waals surface area contributed by atoms with Crippen LogP contribution in [-0.2, 0) is 9.59 Å². The average Bonchev–Trinajstić information content (AvgIpc) is 2.74. The molecule has 0 atom stereocenters. The van der Waals surface area contributed by atoms with E-state index in [9.17, 15) is 18.8 Å². The normalized spacial score (nSPS) is 14.7. The molecule has 1 aromatic carbocycles. The van der Waals surface area contributed by atoms with Crippen LogP contribution in [0, 0.1) is 12.7 Å². The Labute approximate surface area is 122 Å². The zero-order chi connectivity index (χ0) is 15.4. The van der Waals surface area contributed by atoms with Crippen molar-refractivity contribution in [2.45, 2.75) is 26.2 Å². The Hall–Kier alpha value is -2.24. The molecule has 1 aliphatic heterocycles. The summed E-state index contributed by atoms with van der Waals surface area (Å²) in [7, 11) is 0. The molecule has 1 aliphatic rings. The Morgan fingerprint density at radius 1 is 1.29 bits per heavy atom. The lowest BCUT2D eigenvalue weighted by molar-refractivity contribution is -0.138. The van der Waals surface area contributed by atoms with Gasteiger partial charge in [-0.1, -0.05) is 0 Å². The molecule has 0 spiro atoms. The molecule has 2 rings (SSSR count). The minimum atomic E-state index is -0.380. The maximum absolute atomic E-state index is 13.0. The molecule has 0 radical (unpaired) electrons. The van der Waals surface area contributed by atoms with Crippen molar-refractivity contribution in [2.75, 3.05) is 13.1 Å². The third kappa shape index (κ3) is 3.65. The number of hydrogen-bond acceptors (Lipinski definition) is 3. The van der Waals surface area contributed by atoms with E-state index in [-0.39, 0.29) is 36.4 Å². The van der Waals surface area contributed by atoms with Gasteiger partial charge in [-0.05, 0) is 37.1 Å². The van der Waals surface area contributed by atoms with Gasteiger partial charge in [0.15, 0.2) is 0 Å². The Balaban J connectivity index is 1.79. The predicted molar refractivity (Wildman–Crippen MR) is 74.0 cm³/mol. The van der Waals surface area contributed by atoms with Gasteiger partial charge in [-0.3, -0.25) is 19.3 Å². The van der Waals surface area contributed by atoms with Crippen molar-refractivity contribution < 1.29 is 18.8 Å². The van der Waals surface area contributed by atoms with Crippen molar-refractivity contribution in [3.05, 3.63) is 35.1 Å². The van der Waals surface area contributed by atoms with Crippen molar-refractivity contribution in [1.29, 1.82) is 0 Å². The summed E-state index contributed by atoms with van der Waals surface area (Å²) in [5.74, 6) is -0.969. The number of hydrogen-bond donors (Lipinski definition) is 1. The summed E-state index contributed by atoms with van der Waals surface area (Å²) in [4.78, 5) is 35.9. The molecule has 112 valence electrons. The smallest absolute Gasteiger partial charge is 0.251 e. The first kappa shape index (κ1) is 15.2. The van der Waals surface area contributed by atoms with Crippen LogP contribution in [-0.4, -0.2) is 35.7 Å². The third-order valence-electron chi connectivity index (χ3n) is 3.43. The molecule has 1 heterocycles. The highest BCUT2D eigenvalue weighted by molar-refractivity contribution is 6.01. The van der Waals surface area contributed by atoms with Gasteiger partial charge in [0.1, 0.15) is 5.82 Å². The predicted octanol–water partition coefficient (Wildman–Crippen LogP) is 1.40. The minimum Gasteiger partial charge on any atom is -0.352 e.